The Hall–Kier alpha value is -2.81. The molecule has 0 unspecified atom stereocenters. The van der Waals surface area contributed by atoms with E-state index in [1.54, 1.807) is 18.3 Å². The maximum Gasteiger partial charge on any atom is 0.115 e. The van der Waals surface area contributed by atoms with Crippen LogP contribution in [-0.2, 0) is 0 Å². The fourth-order valence-electron chi connectivity index (χ4n) is 2.13. The van der Waals surface area contributed by atoms with Gasteiger partial charge in [-0.1, -0.05) is 54.6 Å². The zero-order valence-corrected chi connectivity index (χ0v) is 10.7. The Morgan fingerprint density at radius 1 is 0.750 bits per heavy atom. The summed E-state index contributed by atoms with van der Waals surface area (Å²) in [5.41, 5.74) is 4.10. The Kier molecular flexibility index (Phi) is 3.33. The number of hydrogen-bond donors (Lipinski definition) is 0. The number of rotatable bonds is 3. The predicted octanol–water partition coefficient (Wildman–Crippen LogP) is 4.81. The molecule has 0 aliphatic rings. The molecule has 0 radical (unpaired) electrons. The molecule has 3 heteroatoms. The van der Waals surface area contributed by atoms with Crippen LogP contribution < -0.4 is 0 Å². The Morgan fingerprint density at radius 3 is 2.20 bits per heavy atom. The van der Waals surface area contributed by atoms with Crippen LogP contribution in [0.2, 0.25) is 0 Å². The highest BCUT2D eigenvalue weighted by atomic mass is 16.3. The van der Waals surface area contributed by atoms with E-state index in [2.05, 4.69) is 10.2 Å². The number of benzene rings is 2. The van der Waals surface area contributed by atoms with Crippen LogP contribution in [0.1, 0.15) is 0 Å². The van der Waals surface area contributed by atoms with Crippen LogP contribution in [0.15, 0.2) is 78.1 Å². The molecule has 0 saturated carbocycles. The van der Waals surface area contributed by atoms with Gasteiger partial charge in [0.1, 0.15) is 5.69 Å². The fraction of sp³-hybridized carbons (Fsp3) is 0. The second-order valence-electron chi connectivity index (χ2n) is 4.41. The van der Waals surface area contributed by atoms with E-state index in [0.717, 1.165) is 22.4 Å². The maximum absolute atomic E-state index is 10.8. The molecule has 0 fully saturated rings. The number of aromatic nitrogens is 1. The van der Waals surface area contributed by atoms with Gasteiger partial charge in [0, 0.05) is 22.9 Å². The van der Waals surface area contributed by atoms with Gasteiger partial charge in [0.05, 0.1) is 5.69 Å². The van der Waals surface area contributed by atoms with Crippen molar-refractivity contribution < 1.29 is 0 Å². The summed E-state index contributed by atoms with van der Waals surface area (Å²) in [5.74, 6) is 0. The molecule has 0 saturated heterocycles. The number of nitrogens with zero attached hydrogens (tertiary/aromatic N) is 2. The van der Waals surface area contributed by atoms with Gasteiger partial charge in [-0.3, -0.25) is 4.98 Å². The minimum atomic E-state index is 0.432. The molecule has 3 rings (SSSR count). The van der Waals surface area contributed by atoms with Crippen molar-refractivity contribution in [2.24, 2.45) is 5.18 Å². The van der Waals surface area contributed by atoms with Gasteiger partial charge in [-0.2, -0.15) is 0 Å². The molecule has 1 aromatic heterocycles. The first-order valence-electron chi connectivity index (χ1n) is 6.33. The lowest BCUT2D eigenvalue weighted by atomic mass is 10.0. The van der Waals surface area contributed by atoms with Crippen molar-refractivity contribution in [1.29, 1.82) is 0 Å². The van der Waals surface area contributed by atoms with E-state index < -0.39 is 0 Å². The normalized spacial score (nSPS) is 10.2. The van der Waals surface area contributed by atoms with E-state index in [0.29, 0.717) is 5.69 Å². The highest BCUT2D eigenvalue weighted by molar-refractivity contribution is 5.76. The van der Waals surface area contributed by atoms with E-state index in [9.17, 15) is 4.91 Å². The van der Waals surface area contributed by atoms with Crippen LogP contribution in [0.3, 0.4) is 0 Å². The SMILES string of the molecule is O=Nc1ccccc1-c1ccc(-c2ccccc2)nc1. The average molecular weight is 260 g/mol. The number of hydrogen-bond acceptors (Lipinski definition) is 3. The van der Waals surface area contributed by atoms with Crippen LogP contribution in [0.5, 0.6) is 0 Å². The molecule has 3 aromatic rings. The molecular formula is C17H12N2O. The van der Waals surface area contributed by atoms with E-state index in [1.807, 2.05) is 54.6 Å². The lowest BCUT2D eigenvalue weighted by Crippen LogP contribution is -1.85. The molecule has 0 aliphatic heterocycles. The largest absolute Gasteiger partial charge is 0.256 e. The highest BCUT2D eigenvalue weighted by Crippen LogP contribution is 2.30. The summed E-state index contributed by atoms with van der Waals surface area (Å²) >= 11 is 0. The van der Waals surface area contributed by atoms with Crippen LogP contribution in [0.4, 0.5) is 5.69 Å². The quantitative estimate of drug-likeness (QED) is 0.634. The van der Waals surface area contributed by atoms with Gasteiger partial charge in [0.15, 0.2) is 0 Å². The molecule has 0 bridgehead atoms. The standard InChI is InChI=1S/C17H12N2O/c20-19-17-9-5-4-8-15(17)14-10-11-16(18-12-14)13-6-2-1-3-7-13/h1-12H. The van der Waals surface area contributed by atoms with Crippen molar-refractivity contribution in [3.63, 3.8) is 0 Å². The highest BCUT2D eigenvalue weighted by Gasteiger charge is 2.06. The van der Waals surface area contributed by atoms with Gasteiger partial charge in [0.2, 0.25) is 0 Å². The third-order valence-corrected chi connectivity index (χ3v) is 3.15. The maximum atomic E-state index is 10.8. The lowest BCUT2D eigenvalue weighted by Gasteiger charge is -2.05. The van der Waals surface area contributed by atoms with Gasteiger partial charge in [0.25, 0.3) is 0 Å². The first-order chi connectivity index (χ1) is 9.88. The molecule has 0 N–H and O–H groups in total. The Morgan fingerprint density at radius 2 is 1.50 bits per heavy atom. The zero-order chi connectivity index (χ0) is 13.8. The summed E-state index contributed by atoms with van der Waals surface area (Å²) in [4.78, 5) is 15.3. The van der Waals surface area contributed by atoms with Gasteiger partial charge in [-0.15, -0.1) is 4.91 Å². The van der Waals surface area contributed by atoms with Gasteiger partial charge in [-0.25, -0.2) is 0 Å². The van der Waals surface area contributed by atoms with E-state index in [1.165, 1.54) is 0 Å². The van der Waals surface area contributed by atoms with Crippen LogP contribution in [0.25, 0.3) is 22.4 Å². The molecule has 3 nitrogen and oxygen atoms in total. The molecule has 0 aliphatic carbocycles. The van der Waals surface area contributed by atoms with Crippen LogP contribution in [-0.4, -0.2) is 4.98 Å². The van der Waals surface area contributed by atoms with Crippen molar-refractivity contribution in [2.75, 3.05) is 0 Å². The van der Waals surface area contributed by atoms with Crippen molar-refractivity contribution in [3.8, 4) is 22.4 Å². The first-order valence-corrected chi connectivity index (χ1v) is 6.33. The van der Waals surface area contributed by atoms with Crippen molar-refractivity contribution >= 4 is 5.69 Å². The zero-order valence-electron chi connectivity index (χ0n) is 10.7. The Labute approximate surface area is 116 Å². The summed E-state index contributed by atoms with van der Waals surface area (Å²) in [6.07, 6.45) is 1.77. The summed E-state index contributed by atoms with van der Waals surface area (Å²) in [7, 11) is 0. The number of pyridine rings is 1. The Bertz CT molecular complexity index is 721. The number of nitroso groups, excluding NO2 is 1. The van der Waals surface area contributed by atoms with Crippen LogP contribution in [0, 0.1) is 4.91 Å². The molecule has 0 spiro atoms. The van der Waals surface area contributed by atoms with Crippen LogP contribution >= 0.6 is 0 Å². The molecular weight excluding hydrogens is 248 g/mol. The second-order valence-corrected chi connectivity index (χ2v) is 4.41. The van der Waals surface area contributed by atoms with Gasteiger partial charge >= 0.3 is 0 Å². The summed E-state index contributed by atoms with van der Waals surface area (Å²) in [6, 6.07) is 21.1. The van der Waals surface area contributed by atoms with Crippen molar-refractivity contribution in [1.82, 2.24) is 4.98 Å². The molecule has 0 atom stereocenters. The first kappa shape index (κ1) is 12.2. The smallest absolute Gasteiger partial charge is 0.115 e. The molecule has 1 heterocycles. The second kappa shape index (κ2) is 5.45. The molecule has 96 valence electrons. The van der Waals surface area contributed by atoms with Gasteiger partial charge < -0.3 is 0 Å². The third kappa shape index (κ3) is 2.34. The van der Waals surface area contributed by atoms with Gasteiger partial charge in [-0.05, 0) is 17.3 Å². The monoisotopic (exact) mass is 260 g/mol. The topological polar surface area (TPSA) is 42.3 Å². The lowest BCUT2D eigenvalue weighted by molar-refractivity contribution is 1.32. The average Bonchev–Trinajstić information content (AvgIpc) is 2.56. The summed E-state index contributed by atoms with van der Waals surface area (Å²) in [5, 5.41) is 3.05. The van der Waals surface area contributed by atoms with E-state index in [-0.39, 0.29) is 0 Å². The van der Waals surface area contributed by atoms with Crippen molar-refractivity contribution in [2.45, 2.75) is 0 Å². The summed E-state index contributed by atoms with van der Waals surface area (Å²) < 4.78 is 0. The fourth-order valence-corrected chi connectivity index (χ4v) is 2.13. The minimum absolute atomic E-state index is 0.432. The molecule has 20 heavy (non-hydrogen) atoms. The summed E-state index contributed by atoms with van der Waals surface area (Å²) in [6.45, 7) is 0. The Balaban J connectivity index is 2.00. The molecule has 0 amide bonds. The van der Waals surface area contributed by atoms with E-state index in [4.69, 9.17) is 0 Å². The molecule has 2 aromatic carbocycles. The minimum Gasteiger partial charge on any atom is -0.256 e. The van der Waals surface area contributed by atoms with Crippen molar-refractivity contribution in [3.05, 3.63) is 77.8 Å². The van der Waals surface area contributed by atoms with E-state index >= 15 is 0 Å². The predicted molar refractivity (Wildman–Crippen MR) is 80.6 cm³/mol. The third-order valence-electron chi connectivity index (χ3n) is 3.15.